The molecule has 106 valence electrons. The third kappa shape index (κ3) is 3.86. The molecular weight excluding hydrogens is 380 g/mol. The number of rotatable bonds is 5. The standard InChI is InChI=1S/C17H18Br2O/c1-12-3-5-13(6-4-12)15(11-18)9-14-10-16(19)7-8-17(14)20-2/h3-8,10,15H,9,11H2,1-2H3. The van der Waals surface area contributed by atoms with Crippen molar-refractivity contribution in [2.24, 2.45) is 0 Å². The lowest BCUT2D eigenvalue weighted by Crippen LogP contribution is -2.06. The lowest BCUT2D eigenvalue weighted by atomic mass is 9.93. The van der Waals surface area contributed by atoms with Gasteiger partial charge in [-0.25, -0.2) is 0 Å². The Morgan fingerprint density at radius 2 is 1.80 bits per heavy atom. The Morgan fingerprint density at radius 1 is 1.10 bits per heavy atom. The number of methoxy groups -OCH3 is 1. The van der Waals surface area contributed by atoms with E-state index in [0.717, 1.165) is 22.0 Å². The maximum Gasteiger partial charge on any atom is 0.122 e. The van der Waals surface area contributed by atoms with Gasteiger partial charge in [-0.2, -0.15) is 0 Å². The molecule has 0 heterocycles. The second-order valence-electron chi connectivity index (χ2n) is 4.92. The van der Waals surface area contributed by atoms with E-state index in [1.807, 2.05) is 12.1 Å². The van der Waals surface area contributed by atoms with Crippen LogP contribution in [-0.4, -0.2) is 12.4 Å². The largest absolute Gasteiger partial charge is 0.496 e. The summed E-state index contributed by atoms with van der Waals surface area (Å²) in [6.07, 6.45) is 0.955. The van der Waals surface area contributed by atoms with Gasteiger partial charge in [0, 0.05) is 9.80 Å². The molecule has 1 unspecified atom stereocenters. The number of benzene rings is 2. The van der Waals surface area contributed by atoms with Gasteiger partial charge in [0.05, 0.1) is 7.11 Å². The minimum absolute atomic E-state index is 0.443. The molecule has 0 N–H and O–H groups in total. The van der Waals surface area contributed by atoms with E-state index >= 15 is 0 Å². The first kappa shape index (κ1) is 15.6. The fourth-order valence-electron chi connectivity index (χ4n) is 2.27. The highest BCUT2D eigenvalue weighted by Crippen LogP contribution is 2.30. The van der Waals surface area contributed by atoms with Gasteiger partial charge >= 0.3 is 0 Å². The lowest BCUT2D eigenvalue weighted by molar-refractivity contribution is 0.408. The first-order valence-electron chi connectivity index (χ1n) is 6.59. The SMILES string of the molecule is COc1ccc(Br)cc1CC(CBr)c1ccc(C)cc1. The molecule has 0 saturated heterocycles. The number of hydrogen-bond donors (Lipinski definition) is 0. The first-order valence-corrected chi connectivity index (χ1v) is 8.50. The topological polar surface area (TPSA) is 9.23 Å². The normalized spacial score (nSPS) is 12.2. The van der Waals surface area contributed by atoms with Crippen LogP contribution in [0.4, 0.5) is 0 Å². The molecule has 2 aromatic rings. The zero-order chi connectivity index (χ0) is 14.5. The van der Waals surface area contributed by atoms with Crippen LogP contribution in [0.2, 0.25) is 0 Å². The average molecular weight is 398 g/mol. The van der Waals surface area contributed by atoms with Crippen LogP contribution in [0.25, 0.3) is 0 Å². The molecule has 20 heavy (non-hydrogen) atoms. The molecule has 1 atom stereocenters. The lowest BCUT2D eigenvalue weighted by Gasteiger charge is -2.17. The number of alkyl halides is 1. The van der Waals surface area contributed by atoms with Gasteiger partial charge in [0.25, 0.3) is 0 Å². The predicted molar refractivity (Wildman–Crippen MR) is 92.1 cm³/mol. The first-order chi connectivity index (χ1) is 9.63. The highest BCUT2D eigenvalue weighted by atomic mass is 79.9. The Kier molecular flexibility index (Phi) is 5.67. The minimum atomic E-state index is 0.443. The van der Waals surface area contributed by atoms with E-state index in [-0.39, 0.29) is 0 Å². The van der Waals surface area contributed by atoms with Gasteiger partial charge in [-0.3, -0.25) is 0 Å². The summed E-state index contributed by atoms with van der Waals surface area (Å²) in [6, 6.07) is 14.9. The monoisotopic (exact) mass is 396 g/mol. The van der Waals surface area contributed by atoms with Crippen LogP contribution in [0.5, 0.6) is 5.75 Å². The third-order valence-corrected chi connectivity index (χ3v) is 4.72. The maximum atomic E-state index is 5.46. The molecule has 0 amide bonds. The fourth-order valence-corrected chi connectivity index (χ4v) is 3.28. The molecule has 0 aliphatic carbocycles. The molecule has 0 spiro atoms. The van der Waals surface area contributed by atoms with Gasteiger partial charge in [0.15, 0.2) is 0 Å². The summed E-state index contributed by atoms with van der Waals surface area (Å²) in [5.41, 5.74) is 3.88. The van der Waals surface area contributed by atoms with Crippen molar-refractivity contribution in [3.63, 3.8) is 0 Å². The summed E-state index contributed by atoms with van der Waals surface area (Å²) in [4.78, 5) is 0. The van der Waals surface area contributed by atoms with Gasteiger partial charge in [0.2, 0.25) is 0 Å². The molecule has 1 nitrogen and oxygen atoms in total. The van der Waals surface area contributed by atoms with Crippen LogP contribution in [-0.2, 0) is 6.42 Å². The number of hydrogen-bond acceptors (Lipinski definition) is 1. The Hall–Kier alpha value is -0.800. The zero-order valence-corrected chi connectivity index (χ0v) is 14.9. The van der Waals surface area contributed by atoms with Crippen molar-refractivity contribution in [3.05, 3.63) is 63.6 Å². The Balaban J connectivity index is 2.26. The highest BCUT2D eigenvalue weighted by Gasteiger charge is 2.14. The van der Waals surface area contributed by atoms with Gasteiger partial charge < -0.3 is 4.74 Å². The van der Waals surface area contributed by atoms with E-state index in [1.54, 1.807) is 7.11 Å². The van der Waals surface area contributed by atoms with E-state index in [9.17, 15) is 0 Å². The quantitative estimate of drug-likeness (QED) is 0.606. The predicted octanol–water partition coefficient (Wildman–Crippen LogP) is 5.49. The van der Waals surface area contributed by atoms with Crippen molar-refractivity contribution >= 4 is 31.9 Å². The van der Waals surface area contributed by atoms with E-state index in [4.69, 9.17) is 4.74 Å². The van der Waals surface area contributed by atoms with E-state index in [1.165, 1.54) is 16.7 Å². The number of aryl methyl sites for hydroxylation is 1. The molecule has 0 aliphatic heterocycles. The van der Waals surface area contributed by atoms with E-state index < -0.39 is 0 Å². The van der Waals surface area contributed by atoms with Crippen molar-refractivity contribution in [1.29, 1.82) is 0 Å². The molecule has 0 aromatic heterocycles. The summed E-state index contributed by atoms with van der Waals surface area (Å²) < 4.78 is 6.55. The van der Waals surface area contributed by atoms with Crippen molar-refractivity contribution in [2.75, 3.05) is 12.4 Å². The average Bonchev–Trinajstić information content (AvgIpc) is 2.46. The minimum Gasteiger partial charge on any atom is -0.496 e. The van der Waals surface area contributed by atoms with Gasteiger partial charge in [-0.1, -0.05) is 61.7 Å². The summed E-state index contributed by atoms with van der Waals surface area (Å²) in [5, 5.41) is 0.936. The Morgan fingerprint density at radius 3 is 2.40 bits per heavy atom. The summed E-state index contributed by atoms with van der Waals surface area (Å²) in [6.45, 7) is 2.12. The van der Waals surface area contributed by atoms with Crippen LogP contribution < -0.4 is 4.74 Å². The molecule has 2 rings (SSSR count). The summed E-state index contributed by atoms with van der Waals surface area (Å²) >= 11 is 7.18. The maximum absolute atomic E-state index is 5.46. The molecule has 0 radical (unpaired) electrons. The van der Waals surface area contributed by atoms with Gasteiger partial charge in [-0.05, 0) is 48.6 Å². The van der Waals surface area contributed by atoms with E-state index in [0.29, 0.717) is 5.92 Å². The molecule has 0 aliphatic rings. The van der Waals surface area contributed by atoms with Crippen LogP contribution in [0.1, 0.15) is 22.6 Å². The van der Waals surface area contributed by atoms with Crippen molar-refractivity contribution < 1.29 is 4.74 Å². The van der Waals surface area contributed by atoms with Crippen LogP contribution in [0.15, 0.2) is 46.9 Å². The van der Waals surface area contributed by atoms with Crippen LogP contribution >= 0.6 is 31.9 Å². The second-order valence-corrected chi connectivity index (χ2v) is 6.49. The van der Waals surface area contributed by atoms with Crippen LogP contribution in [0.3, 0.4) is 0 Å². The Bertz CT molecular complexity index is 564. The van der Waals surface area contributed by atoms with Crippen molar-refractivity contribution in [1.82, 2.24) is 0 Å². The second kappa shape index (κ2) is 7.28. The van der Waals surface area contributed by atoms with Crippen molar-refractivity contribution in [3.8, 4) is 5.75 Å². The van der Waals surface area contributed by atoms with Gasteiger partial charge in [0.1, 0.15) is 5.75 Å². The number of halogens is 2. The fraction of sp³-hybridized carbons (Fsp3) is 0.294. The molecule has 3 heteroatoms. The van der Waals surface area contributed by atoms with Crippen LogP contribution in [0, 0.1) is 6.92 Å². The molecule has 2 aromatic carbocycles. The summed E-state index contributed by atoms with van der Waals surface area (Å²) in [5.74, 6) is 1.39. The molecule has 0 fully saturated rings. The highest BCUT2D eigenvalue weighted by molar-refractivity contribution is 9.10. The van der Waals surface area contributed by atoms with Gasteiger partial charge in [-0.15, -0.1) is 0 Å². The smallest absolute Gasteiger partial charge is 0.122 e. The van der Waals surface area contributed by atoms with Crippen molar-refractivity contribution in [2.45, 2.75) is 19.3 Å². The van der Waals surface area contributed by atoms with E-state index in [2.05, 4.69) is 69.1 Å². The molecule has 0 bridgehead atoms. The Labute approximate surface area is 137 Å². The third-order valence-electron chi connectivity index (χ3n) is 3.44. The molecular formula is C17H18Br2O. The summed E-state index contributed by atoms with van der Waals surface area (Å²) in [7, 11) is 1.72. The molecule has 0 saturated carbocycles. The zero-order valence-electron chi connectivity index (χ0n) is 11.7. The number of ether oxygens (including phenoxy) is 1.